The first-order valence-electron chi connectivity index (χ1n) is 9.10. The summed E-state index contributed by atoms with van der Waals surface area (Å²) in [5.74, 6) is -0.399. The number of Topliss-reactive ketones (excluding diaryl/α,β-unsaturated/α-hetero) is 1. The number of nitriles is 1. The third-order valence-corrected chi connectivity index (χ3v) is 5.33. The third-order valence-electron chi connectivity index (χ3n) is 5.04. The fraction of sp³-hybridized carbons (Fsp3) is 0.250. The molecule has 1 aliphatic heterocycles. The molecule has 1 unspecified atom stereocenters. The van der Waals surface area contributed by atoms with Crippen molar-refractivity contribution in [2.45, 2.75) is 6.04 Å². The van der Waals surface area contributed by atoms with E-state index in [4.69, 9.17) is 11.6 Å². The van der Waals surface area contributed by atoms with E-state index < -0.39 is 6.04 Å². The standard InChI is InChI=1S/C20H17ClN6O2/c21-19-17-16(24-12-25-19)14(11-23-17)18(28)15(10-22)26-6-8-27(9-7-26)20(29)13-4-2-1-3-5-13/h1-5,11-12,15,23H,6-9H2. The first kappa shape index (κ1) is 19.1. The molecular formula is C20H17ClN6O2. The molecule has 8 nitrogen and oxygen atoms in total. The Kier molecular flexibility index (Phi) is 5.25. The molecule has 0 aliphatic carbocycles. The predicted octanol–water partition coefficient (Wildman–Crippen LogP) is 2.14. The van der Waals surface area contributed by atoms with Gasteiger partial charge in [-0.3, -0.25) is 14.5 Å². The average Bonchev–Trinajstić information content (AvgIpc) is 3.20. The number of benzene rings is 1. The van der Waals surface area contributed by atoms with E-state index in [-0.39, 0.29) is 16.8 Å². The van der Waals surface area contributed by atoms with Gasteiger partial charge in [0.25, 0.3) is 5.91 Å². The zero-order valence-corrected chi connectivity index (χ0v) is 16.1. The van der Waals surface area contributed by atoms with Crippen LogP contribution in [0.1, 0.15) is 20.7 Å². The Hall–Kier alpha value is -3.28. The number of aromatic amines is 1. The summed E-state index contributed by atoms with van der Waals surface area (Å²) in [5, 5.41) is 9.88. The van der Waals surface area contributed by atoms with Crippen molar-refractivity contribution in [3.63, 3.8) is 0 Å². The fourth-order valence-electron chi connectivity index (χ4n) is 3.50. The van der Waals surface area contributed by atoms with Crippen LogP contribution in [-0.2, 0) is 0 Å². The Bertz CT molecular complexity index is 1100. The number of nitrogens with zero attached hydrogens (tertiary/aromatic N) is 5. The van der Waals surface area contributed by atoms with E-state index in [1.165, 1.54) is 12.5 Å². The molecule has 1 aliphatic rings. The van der Waals surface area contributed by atoms with Crippen molar-refractivity contribution < 1.29 is 9.59 Å². The summed E-state index contributed by atoms with van der Waals surface area (Å²) in [6, 6.07) is 10.2. The van der Waals surface area contributed by atoms with Crippen molar-refractivity contribution >= 4 is 34.3 Å². The number of amides is 1. The van der Waals surface area contributed by atoms with Gasteiger partial charge in [-0.2, -0.15) is 5.26 Å². The zero-order chi connectivity index (χ0) is 20.4. The molecule has 4 rings (SSSR count). The minimum atomic E-state index is -0.961. The van der Waals surface area contributed by atoms with Gasteiger partial charge < -0.3 is 9.88 Å². The van der Waals surface area contributed by atoms with E-state index in [0.717, 1.165) is 0 Å². The van der Waals surface area contributed by atoms with Crippen LogP contribution in [0.15, 0.2) is 42.9 Å². The Balaban J connectivity index is 1.48. The SMILES string of the molecule is N#CC(C(=O)c1c[nH]c2c(Cl)ncnc12)N1CCN(C(=O)c2ccccc2)CC1. The first-order valence-corrected chi connectivity index (χ1v) is 9.47. The van der Waals surface area contributed by atoms with E-state index in [1.807, 2.05) is 18.2 Å². The highest BCUT2D eigenvalue weighted by Crippen LogP contribution is 2.23. The summed E-state index contributed by atoms with van der Waals surface area (Å²) in [5.41, 5.74) is 1.79. The number of nitrogens with one attached hydrogen (secondary N) is 1. The van der Waals surface area contributed by atoms with E-state index in [0.29, 0.717) is 48.3 Å². The maximum Gasteiger partial charge on any atom is 0.253 e. The highest BCUT2D eigenvalue weighted by Gasteiger charge is 2.32. The predicted molar refractivity (Wildman–Crippen MR) is 107 cm³/mol. The molecule has 1 aromatic carbocycles. The van der Waals surface area contributed by atoms with Gasteiger partial charge in [-0.05, 0) is 12.1 Å². The van der Waals surface area contributed by atoms with Crippen molar-refractivity contribution in [1.82, 2.24) is 24.8 Å². The second-order valence-corrected chi connectivity index (χ2v) is 7.04. The maximum atomic E-state index is 13.0. The molecule has 1 saturated heterocycles. The lowest BCUT2D eigenvalue weighted by Gasteiger charge is -2.36. The quantitative estimate of drug-likeness (QED) is 0.523. The van der Waals surface area contributed by atoms with Crippen LogP contribution in [-0.4, -0.2) is 68.7 Å². The van der Waals surface area contributed by atoms with E-state index in [9.17, 15) is 14.9 Å². The topological polar surface area (TPSA) is 106 Å². The summed E-state index contributed by atoms with van der Waals surface area (Å²) in [6.07, 6.45) is 2.79. The molecule has 29 heavy (non-hydrogen) atoms. The minimum absolute atomic E-state index is 0.0481. The molecule has 1 atom stereocenters. The molecule has 146 valence electrons. The minimum Gasteiger partial charge on any atom is -0.357 e. The number of carbonyl (C=O) groups excluding carboxylic acids is 2. The Morgan fingerprint density at radius 3 is 2.55 bits per heavy atom. The molecule has 1 fully saturated rings. The second kappa shape index (κ2) is 7.99. The largest absolute Gasteiger partial charge is 0.357 e. The molecule has 1 N–H and O–H groups in total. The molecule has 0 bridgehead atoms. The molecule has 2 aromatic heterocycles. The van der Waals surface area contributed by atoms with Gasteiger partial charge in [0.15, 0.2) is 17.0 Å². The molecule has 0 spiro atoms. The summed E-state index contributed by atoms with van der Waals surface area (Å²) in [4.78, 5) is 40.1. The van der Waals surface area contributed by atoms with Gasteiger partial charge in [-0.15, -0.1) is 0 Å². The van der Waals surface area contributed by atoms with Crippen LogP contribution in [0.4, 0.5) is 0 Å². The van der Waals surface area contributed by atoms with Gasteiger partial charge in [0, 0.05) is 37.9 Å². The molecule has 3 aromatic rings. The highest BCUT2D eigenvalue weighted by molar-refractivity contribution is 6.34. The number of hydrogen-bond donors (Lipinski definition) is 1. The fourth-order valence-corrected chi connectivity index (χ4v) is 3.68. The Morgan fingerprint density at radius 2 is 1.86 bits per heavy atom. The van der Waals surface area contributed by atoms with Crippen molar-refractivity contribution in [3.8, 4) is 6.07 Å². The van der Waals surface area contributed by atoms with Crippen LogP contribution in [0.25, 0.3) is 11.0 Å². The van der Waals surface area contributed by atoms with E-state index in [1.54, 1.807) is 21.9 Å². The van der Waals surface area contributed by atoms with Crippen LogP contribution < -0.4 is 0 Å². The number of rotatable bonds is 4. The van der Waals surface area contributed by atoms with Gasteiger partial charge in [0.2, 0.25) is 0 Å². The molecule has 0 saturated carbocycles. The molecule has 1 amide bonds. The average molecular weight is 409 g/mol. The number of halogens is 1. The third kappa shape index (κ3) is 3.58. The van der Waals surface area contributed by atoms with Crippen molar-refractivity contribution in [2.75, 3.05) is 26.2 Å². The van der Waals surface area contributed by atoms with Crippen LogP contribution in [0.5, 0.6) is 0 Å². The monoisotopic (exact) mass is 408 g/mol. The number of carbonyl (C=O) groups is 2. The highest BCUT2D eigenvalue weighted by atomic mass is 35.5. The van der Waals surface area contributed by atoms with Crippen LogP contribution in [0, 0.1) is 11.3 Å². The molecule has 9 heteroatoms. The van der Waals surface area contributed by atoms with Crippen molar-refractivity contribution in [1.29, 1.82) is 5.26 Å². The van der Waals surface area contributed by atoms with Crippen LogP contribution in [0.3, 0.4) is 0 Å². The molecule has 3 heterocycles. The number of ketones is 1. The Labute approximate surface area is 171 Å². The smallest absolute Gasteiger partial charge is 0.253 e. The molecular weight excluding hydrogens is 392 g/mol. The normalized spacial score (nSPS) is 15.8. The number of fused-ring (bicyclic) bond motifs is 1. The van der Waals surface area contributed by atoms with E-state index in [2.05, 4.69) is 21.0 Å². The van der Waals surface area contributed by atoms with E-state index >= 15 is 0 Å². The first-order chi connectivity index (χ1) is 14.1. The summed E-state index contributed by atoms with van der Waals surface area (Å²) in [7, 11) is 0. The summed E-state index contributed by atoms with van der Waals surface area (Å²) >= 11 is 6.03. The zero-order valence-electron chi connectivity index (χ0n) is 15.4. The number of H-pyrrole nitrogens is 1. The summed E-state index contributed by atoms with van der Waals surface area (Å²) in [6.45, 7) is 1.75. The lowest BCUT2D eigenvalue weighted by atomic mass is 10.0. The van der Waals surface area contributed by atoms with Gasteiger partial charge in [-0.25, -0.2) is 9.97 Å². The molecule has 0 radical (unpaired) electrons. The van der Waals surface area contributed by atoms with Gasteiger partial charge in [-0.1, -0.05) is 29.8 Å². The van der Waals surface area contributed by atoms with Crippen LogP contribution >= 0.6 is 11.6 Å². The second-order valence-electron chi connectivity index (χ2n) is 6.68. The van der Waals surface area contributed by atoms with Crippen molar-refractivity contribution in [3.05, 3.63) is 59.1 Å². The van der Waals surface area contributed by atoms with Gasteiger partial charge in [0.1, 0.15) is 17.4 Å². The Morgan fingerprint density at radius 1 is 1.14 bits per heavy atom. The van der Waals surface area contributed by atoms with Gasteiger partial charge in [0.05, 0.1) is 11.6 Å². The number of aromatic nitrogens is 3. The number of piperazine rings is 1. The van der Waals surface area contributed by atoms with Gasteiger partial charge >= 0.3 is 0 Å². The summed E-state index contributed by atoms with van der Waals surface area (Å²) < 4.78 is 0. The lowest BCUT2D eigenvalue weighted by molar-refractivity contribution is 0.0582. The maximum absolute atomic E-state index is 13.0. The van der Waals surface area contributed by atoms with Crippen molar-refractivity contribution in [2.24, 2.45) is 0 Å². The van der Waals surface area contributed by atoms with Crippen LogP contribution in [0.2, 0.25) is 5.15 Å². The number of hydrogen-bond acceptors (Lipinski definition) is 6. The lowest BCUT2D eigenvalue weighted by Crippen LogP contribution is -2.53.